The van der Waals surface area contributed by atoms with E-state index in [-0.39, 0.29) is 18.0 Å². The third-order valence-electron chi connectivity index (χ3n) is 6.36. The Morgan fingerprint density at radius 3 is 2.39 bits per heavy atom. The third-order valence-corrected chi connectivity index (χ3v) is 9.88. The molecule has 2 atom stereocenters. The van der Waals surface area contributed by atoms with Crippen molar-refractivity contribution in [1.29, 1.82) is 5.26 Å². The minimum Gasteiger partial charge on any atom is -0.432 e. The quantitative estimate of drug-likeness (QED) is 0.553. The predicted molar refractivity (Wildman–Crippen MR) is 121 cm³/mol. The van der Waals surface area contributed by atoms with Gasteiger partial charge in [-0.3, -0.25) is 4.79 Å². The zero-order valence-electron chi connectivity index (χ0n) is 19.0. The van der Waals surface area contributed by atoms with Crippen molar-refractivity contribution in [3.8, 4) is 6.07 Å². The fourth-order valence-corrected chi connectivity index (χ4v) is 4.37. The van der Waals surface area contributed by atoms with Crippen LogP contribution in [-0.4, -0.2) is 25.1 Å². The van der Waals surface area contributed by atoms with E-state index in [1.54, 1.807) is 19.2 Å². The number of carbonyl (C=O) groups excluding carboxylic acids is 2. The maximum absolute atomic E-state index is 13.7. The topological polar surface area (TPSA) is 107 Å². The van der Waals surface area contributed by atoms with Gasteiger partial charge in [0.1, 0.15) is 0 Å². The SMILES string of the molecule is CC(C)(C[C@@H](C(=O)N(C(N)=O)c1ccc(C#N)c(C(F)(F)F)c1)C1C=CC=CC1)[Si](C)(C)O. The second-order valence-electron chi connectivity index (χ2n) is 9.32. The lowest BCUT2D eigenvalue weighted by Crippen LogP contribution is -2.48. The molecule has 0 radical (unpaired) electrons. The molecule has 1 aliphatic rings. The van der Waals surface area contributed by atoms with Gasteiger partial charge in [-0.2, -0.15) is 18.4 Å². The number of nitrogens with two attached hydrogens (primary N) is 1. The molecule has 1 unspecified atom stereocenters. The van der Waals surface area contributed by atoms with E-state index in [1.807, 2.05) is 32.1 Å². The number of rotatable bonds is 6. The van der Waals surface area contributed by atoms with Gasteiger partial charge in [-0.15, -0.1) is 0 Å². The fourth-order valence-electron chi connectivity index (χ4n) is 3.65. The Balaban J connectivity index is 2.58. The molecule has 0 saturated carbocycles. The second kappa shape index (κ2) is 9.53. The first-order chi connectivity index (χ1) is 15.1. The number of anilines is 1. The molecule has 3 N–H and O–H groups in total. The lowest BCUT2D eigenvalue weighted by Gasteiger charge is -2.40. The highest BCUT2D eigenvalue weighted by atomic mass is 28.4. The van der Waals surface area contributed by atoms with Crippen molar-refractivity contribution in [2.24, 2.45) is 17.6 Å². The third kappa shape index (κ3) is 5.92. The normalized spacial score (nSPS) is 17.4. The molecule has 1 aromatic carbocycles. The Labute approximate surface area is 192 Å². The minimum absolute atomic E-state index is 0.205. The van der Waals surface area contributed by atoms with Crippen LogP contribution in [0.2, 0.25) is 18.1 Å². The van der Waals surface area contributed by atoms with E-state index in [4.69, 9.17) is 11.0 Å². The Hall–Kier alpha value is -2.90. The number of alkyl halides is 3. The summed E-state index contributed by atoms with van der Waals surface area (Å²) in [7, 11) is -2.76. The van der Waals surface area contributed by atoms with E-state index in [0.717, 1.165) is 12.1 Å². The number of nitrogens with zero attached hydrogens (tertiary/aromatic N) is 2. The van der Waals surface area contributed by atoms with Gasteiger partial charge in [0, 0.05) is 5.92 Å². The van der Waals surface area contributed by atoms with Crippen molar-refractivity contribution in [2.75, 3.05) is 4.90 Å². The first-order valence-electron chi connectivity index (χ1n) is 10.4. The highest BCUT2D eigenvalue weighted by molar-refractivity contribution is 6.72. The Kier molecular flexibility index (Phi) is 7.61. The second-order valence-corrected chi connectivity index (χ2v) is 13.8. The molecule has 0 bridgehead atoms. The summed E-state index contributed by atoms with van der Waals surface area (Å²) in [6, 6.07) is 2.84. The Morgan fingerprint density at radius 1 is 1.30 bits per heavy atom. The van der Waals surface area contributed by atoms with E-state index < -0.39 is 48.5 Å². The zero-order chi connectivity index (χ0) is 25.2. The van der Waals surface area contributed by atoms with Crippen LogP contribution in [0.4, 0.5) is 23.7 Å². The number of imide groups is 1. The first kappa shape index (κ1) is 26.4. The van der Waals surface area contributed by atoms with Crippen molar-refractivity contribution < 1.29 is 27.6 Å². The standard InChI is InChI=1S/C23H28F3N3O3Si/c1-22(2,33(3,4)32)13-18(15-8-6-5-7-9-15)20(30)29(21(28)31)17-11-10-16(14-27)19(12-17)23(24,25)26/h5-8,10-12,15,18,32H,9,13H2,1-4H3,(H2,28,31)/t15?,18-/m1/s1. The van der Waals surface area contributed by atoms with Crippen LogP contribution < -0.4 is 10.6 Å². The molecule has 2 rings (SSSR count). The van der Waals surface area contributed by atoms with Gasteiger partial charge in [-0.05, 0) is 55.1 Å². The molecule has 0 heterocycles. The molecule has 0 saturated heterocycles. The monoisotopic (exact) mass is 479 g/mol. The Morgan fingerprint density at radius 2 is 1.94 bits per heavy atom. The van der Waals surface area contributed by atoms with Crippen LogP contribution in [0.15, 0.2) is 42.5 Å². The van der Waals surface area contributed by atoms with Crippen molar-refractivity contribution in [1.82, 2.24) is 0 Å². The number of nitriles is 1. The van der Waals surface area contributed by atoms with Crippen LogP contribution in [-0.2, 0) is 11.0 Å². The maximum Gasteiger partial charge on any atom is 0.417 e. The van der Waals surface area contributed by atoms with Crippen LogP contribution in [0.5, 0.6) is 0 Å². The molecular formula is C23H28F3N3O3Si. The number of hydrogen-bond acceptors (Lipinski definition) is 4. The number of primary amides is 1. The summed E-state index contributed by atoms with van der Waals surface area (Å²) in [6.07, 6.45) is 3.08. The first-order valence-corrected chi connectivity index (χ1v) is 13.4. The lowest BCUT2D eigenvalue weighted by molar-refractivity contribution is -0.137. The van der Waals surface area contributed by atoms with E-state index in [1.165, 1.54) is 6.07 Å². The molecule has 0 aromatic heterocycles. The lowest BCUT2D eigenvalue weighted by atomic mass is 9.80. The molecule has 3 amide bonds. The summed E-state index contributed by atoms with van der Waals surface area (Å²) in [5.74, 6) is -1.91. The van der Waals surface area contributed by atoms with Gasteiger partial charge >= 0.3 is 12.2 Å². The van der Waals surface area contributed by atoms with Crippen LogP contribution in [0.25, 0.3) is 0 Å². The molecule has 10 heteroatoms. The molecule has 0 aliphatic heterocycles. The average molecular weight is 480 g/mol. The van der Waals surface area contributed by atoms with E-state index in [0.29, 0.717) is 17.4 Å². The molecule has 0 fully saturated rings. The molecule has 33 heavy (non-hydrogen) atoms. The highest BCUT2D eigenvalue weighted by Crippen LogP contribution is 2.45. The molecular weight excluding hydrogens is 451 g/mol. The number of amides is 3. The number of carbonyl (C=O) groups is 2. The van der Waals surface area contributed by atoms with Crippen molar-refractivity contribution in [3.05, 3.63) is 53.6 Å². The van der Waals surface area contributed by atoms with Crippen LogP contribution >= 0.6 is 0 Å². The van der Waals surface area contributed by atoms with Gasteiger partial charge in [-0.1, -0.05) is 38.2 Å². The summed E-state index contributed by atoms with van der Waals surface area (Å²) in [4.78, 5) is 37.3. The maximum atomic E-state index is 13.7. The summed E-state index contributed by atoms with van der Waals surface area (Å²) in [5, 5.41) is 8.39. The van der Waals surface area contributed by atoms with Gasteiger partial charge < -0.3 is 10.5 Å². The largest absolute Gasteiger partial charge is 0.432 e. The zero-order valence-corrected chi connectivity index (χ0v) is 20.0. The number of urea groups is 1. The fraction of sp³-hybridized carbons (Fsp3) is 0.435. The van der Waals surface area contributed by atoms with E-state index >= 15 is 0 Å². The smallest absolute Gasteiger partial charge is 0.417 e. The van der Waals surface area contributed by atoms with Crippen molar-refractivity contribution >= 4 is 25.9 Å². The van der Waals surface area contributed by atoms with Gasteiger partial charge in [0.2, 0.25) is 5.91 Å². The van der Waals surface area contributed by atoms with Gasteiger partial charge in [0.25, 0.3) is 0 Å². The van der Waals surface area contributed by atoms with Crippen LogP contribution in [0.1, 0.15) is 37.8 Å². The summed E-state index contributed by atoms with van der Waals surface area (Å²) in [5.41, 5.74) is 3.21. The molecule has 1 aromatic rings. The predicted octanol–water partition coefficient (Wildman–Crippen LogP) is 5.10. The van der Waals surface area contributed by atoms with E-state index in [2.05, 4.69) is 0 Å². The summed E-state index contributed by atoms with van der Waals surface area (Å²) < 4.78 is 40.4. The molecule has 178 valence electrons. The highest BCUT2D eigenvalue weighted by Gasteiger charge is 2.45. The van der Waals surface area contributed by atoms with Gasteiger partial charge in [0.05, 0.1) is 22.9 Å². The van der Waals surface area contributed by atoms with Gasteiger partial charge in [-0.25, -0.2) is 9.69 Å². The molecule has 0 spiro atoms. The number of hydrogen-bond donors (Lipinski definition) is 2. The Bertz CT molecular complexity index is 1020. The molecule has 1 aliphatic carbocycles. The molecule has 6 nitrogen and oxygen atoms in total. The van der Waals surface area contributed by atoms with Crippen LogP contribution in [0.3, 0.4) is 0 Å². The number of benzene rings is 1. The number of halogens is 3. The van der Waals surface area contributed by atoms with Crippen molar-refractivity contribution in [2.45, 2.75) is 51.0 Å². The van der Waals surface area contributed by atoms with Crippen molar-refractivity contribution in [3.63, 3.8) is 0 Å². The average Bonchev–Trinajstić information content (AvgIpc) is 2.71. The van der Waals surface area contributed by atoms with E-state index in [9.17, 15) is 27.6 Å². The summed E-state index contributed by atoms with van der Waals surface area (Å²) >= 11 is 0. The minimum atomic E-state index is -4.86. The number of allylic oxidation sites excluding steroid dienone is 4. The van der Waals surface area contributed by atoms with Gasteiger partial charge in [0.15, 0.2) is 8.32 Å². The van der Waals surface area contributed by atoms with Crippen LogP contribution in [0, 0.1) is 23.2 Å². The summed E-state index contributed by atoms with van der Waals surface area (Å²) in [6.45, 7) is 7.15.